The quantitative estimate of drug-likeness (QED) is 0.483. The van der Waals surface area contributed by atoms with Crippen molar-refractivity contribution in [3.8, 4) is 11.5 Å². The zero-order valence-corrected chi connectivity index (χ0v) is 22.4. The maximum atomic E-state index is 13.4. The smallest absolute Gasteiger partial charge is 0.262 e. The summed E-state index contributed by atoms with van der Waals surface area (Å²) in [6.45, 7) is 2.52. The van der Waals surface area contributed by atoms with Gasteiger partial charge in [-0.15, -0.1) is 0 Å². The van der Waals surface area contributed by atoms with Crippen LogP contribution in [0.2, 0.25) is 5.02 Å². The number of allylic oxidation sites excluding steroid dienone is 4. The summed E-state index contributed by atoms with van der Waals surface area (Å²) in [6.07, 6.45) is 4.06. The van der Waals surface area contributed by atoms with Crippen LogP contribution in [0.3, 0.4) is 0 Å². The van der Waals surface area contributed by atoms with Crippen molar-refractivity contribution in [2.75, 3.05) is 25.6 Å². The Kier molecular flexibility index (Phi) is 7.56. The van der Waals surface area contributed by atoms with Gasteiger partial charge in [0.2, 0.25) is 0 Å². The first kappa shape index (κ1) is 26.0. The molecule has 2 aromatic rings. The topological polar surface area (TPSA) is 84.9 Å². The van der Waals surface area contributed by atoms with E-state index in [1.165, 1.54) is 0 Å². The number of hydrogen-bond acceptors (Lipinski definition) is 6. The molecule has 0 unspecified atom stereocenters. The van der Waals surface area contributed by atoms with Gasteiger partial charge in [0.25, 0.3) is 5.91 Å². The summed E-state index contributed by atoms with van der Waals surface area (Å²) >= 11 is 6.45. The SMILES string of the molecule is CCN1C2=C(C(=O)CCC2)C(c2cc(Cl)ccc2OCC(=O)Nc2ccc(OC)cc2)C2=C1CCCC2=O. The molecule has 0 saturated carbocycles. The van der Waals surface area contributed by atoms with Crippen LogP contribution >= 0.6 is 11.6 Å². The molecule has 8 heteroatoms. The number of rotatable bonds is 7. The number of ketones is 2. The van der Waals surface area contributed by atoms with E-state index in [0.29, 0.717) is 58.3 Å². The normalized spacial score (nSPS) is 17.8. The molecule has 1 N–H and O–H groups in total. The Morgan fingerprint density at radius 2 is 1.61 bits per heavy atom. The van der Waals surface area contributed by atoms with Crippen molar-refractivity contribution < 1.29 is 23.9 Å². The lowest BCUT2D eigenvalue weighted by atomic mass is 9.70. The predicted octanol–water partition coefficient (Wildman–Crippen LogP) is 5.80. The molecule has 0 fully saturated rings. The summed E-state index contributed by atoms with van der Waals surface area (Å²) in [7, 11) is 1.58. The first-order chi connectivity index (χ1) is 18.4. The zero-order valence-electron chi connectivity index (χ0n) is 21.6. The Labute approximate surface area is 227 Å². The number of halogens is 1. The van der Waals surface area contributed by atoms with Crippen molar-refractivity contribution in [3.05, 3.63) is 75.6 Å². The van der Waals surface area contributed by atoms with Crippen molar-refractivity contribution in [2.24, 2.45) is 0 Å². The van der Waals surface area contributed by atoms with Gasteiger partial charge in [-0.3, -0.25) is 14.4 Å². The molecule has 7 nitrogen and oxygen atoms in total. The fourth-order valence-corrected chi connectivity index (χ4v) is 5.98. The van der Waals surface area contributed by atoms with E-state index in [-0.39, 0.29) is 24.1 Å². The van der Waals surface area contributed by atoms with E-state index < -0.39 is 5.92 Å². The predicted molar refractivity (Wildman–Crippen MR) is 145 cm³/mol. The third-order valence-electron chi connectivity index (χ3n) is 7.42. The molecule has 2 aliphatic carbocycles. The summed E-state index contributed by atoms with van der Waals surface area (Å²) in [6, 6.07) is 12.2. The second-order valence-electron chi connectivity index (χ2n) is 9.70. The molecule has 198 valence electrons. The van der Waals surface area contributed by atoms with Gasteiger partial charge in [0.15, 0.2) is 18.2 Å². The highest BCUT2D eigenvalue weighted by atomic mass is 35.5. The van der Waals surface area contributed by atoms with Gasteiger partial charge < -0.3 is 19.7 Å². The molecule has 38 heavy (non-hydrogen) atoms. The van der Waals surface area contributed by atoms with Crippen LogP contribution in [0.1, 0.15) is 56.9 Å². The van der Waals surface area contributed by atoms with Gasteiger partial charge in [-0.2, -0.15) is 0 Å². The Morgan fingerprint density at radius 3 is 2.18 bits per heavy atom. The Balaban J connectivity index is 1.50. The third kappa shape index (κ3) is 4.95. The van der Waals surface area contributed by atoms with Crippen molar-refractivity contribution in [3.63, 3.8) is 0 Å². The number of amides is 1. The van der Waals surface area contributed by atoms with Gasteiger partial charge >= 0.3 is 0 Å². The van der Waals surface area contributed by atoms with Crippen molar-refractivity contribution in [1.82, 2.24) is 4.90 Å². The minimum atomic E-state index is -0.554. The molecule has 1 amide bonds. The molecule has 3 aliphatic rings. The van der Waals surface area contributed by atoms with Gasteiger partial charge in [-0.1, -0.05) is 11.6 Å². The second-order valence-corrected chi connectivity index (χ2v) is 10.1. The van der Waals surface area contributed by atoms with Gasteiger partial charge in [0, 0.05) is 64.1 Å². The Hall–Kier alpha value is -3.58. The highest BCUT2D eigenvalue weighted by Gasteiger charge is 2.43. The summed E-state index contributed by atoms with van der Waals surface area (Å²) < 4.78 is 11.2. The van der Waals surface area contributed by atoms with E-state index in [4.69, 9.17) is 21.1 Å². The number of anilines is 1. The summed E-state index contributed by atoms with van der Waals surface area (Å²) in [5.74, 6) is 0.354. The molecule has 0 spiro atoms. The summed E-state index contributed by atoms with van der Waals surface area (Å²) in [4.78, 5) is 41.7. The molecule has 2 aromatic carbocycles. The minimum absolute atomic E-state index is 0.0581. The van der Waals surface area contributed by atoms with E-state index in [0.717, 1.165) is 37.1 Å². The number of carbonyl (C=O) groups excluding carboxylic acids is 3. The maximum absolute atomic E-state index is 13.4. The molecular formula is C30H31ClN2O5. The highest BCUT2D eigenvalue weighted by Crippen LogP contribution is 2.51. The highest BCUT2D eigenvalue weighted by molar-refractivity contribution is 6.30. The molecule has 0 radical (unpaired) electrons. The lowest BCUT2D eigenvalue weighted by Crippen LogP contribution is -2.39. The van der Waals surface area contributed by atoms with Crippen LogP contribution in [-0.2, 0) is 14.4 Å². The number of benzene rings is 2. The largest absolute Gasteiger partial charge is 0.497 e. The molecule has 0 aromatic heterocycles. The van der Waals surface area contributed by atoms with E-state index >= 15 is 0 Å². The Bertz CT molecular complexity index is 1300. The fraction of sp³-hybridized carbons (Fsp3) is 0.367. The standard InChI is InChI=1S/C30H31ClN2O5/c1-3-33-22-6-4-8-24(34)29(22)28(30-23(33)7-5-9-25(30)35)21-16-18(31)10-15-26(21)38-17-27(36)32-19-11-13-20(37-2)14-12-19/h10-16,28H,3-9,17H2,1-2H3,(H,32,36). The summed E-state index contributed by atoms with van der Waals surface area (Å²) in [5.41, 5.74) is 4.61. The van der Waals surface area contributed by atoms with E-state index in [1.807, 2.05) is 0 Å². The van der Waals surface area contributed by atoms with Crippen LogP contribution in [0.4, 0.5) is 5.69 Å². The molecular weight excluding hydrogens is 504 g/mol. The average molecular weight is 535 g/mol. The van der Waals surface area contributed by atoms with Crippen LogP contribution in [0.25, 0.3) is 0 Å². The first-order valence-electron chi connectivity index (χ1n) is 13.1. The number of Topliss-reactive ketones (excluding diaryl/α,β-unsaturated/α-hetero) is 2. The van der Waals surface area contributed by atoms with Crippen molar-refractivity contribution >= 4 is 34.8 Å². The van der Waals surface area contributed by atoms with E-state index in [1.54, 1.807) is 49.6 Å². The van der Waals surface area contributed by atoms with Gasteiger partial charge in [0.05, 0.1) is 7.11 Å². The zero-order chi connectivity index (χ0) is 26.8. The van der Waals surface area contributed by atoms with Crippen molar-refractivity contribution in [1.29, 1.82) is 0 Å². The molecule has 1 heterocycles. The molecule has 1 aliphatic heterocycles. The number of nitrogens with one attached hydrogen (secondary N) is 1. The first-order valence-corrected chi connectivity index (χ1v) is 13.4. The summed E-state index contributed by atoms with van der Waals surface area (Å²) in [5, 5.41) is 3.29. The van der Waals surface area contributed by atoms with Crippen LogP contribution in [0.15, 0.2) is 65.0 Å². The third-order valence-corrected chi connectivity index (χ3v) is 7.65. The molecule has 0 bridgehead atoms. The number of methoxy groups -OCH3 is 1. The van der Waals surface area contributed by atoms with Crippen LogP contribution < -0.4 is 14.8 Å². The van der Waals surface area contributed by atoms with E-state index in [9.17, 15) is 14.4 Å². The minimum Gasteiger partial charge on any atom is -0.497 e. The van der Waals surface area contributed by atoms with Gasteiger partial charge in [0.1, 0.15) is 11.5 Å². The van der Waals surface area contributed by atoms with Crippen molar-refractivity contribution in [2.45, 2.75) is 51.4 Å². The average Bonchev–Trinajstić information content (AvgIpc) is 2.92. The lowest BCUT2D eigenvalue weighted by molar-refractivity contribution is -0.119. The fourth-order valence-electron chi connectivity index (χ4n) is 5.80. The molecule has 5 rings (SSSR count). The lowest BCUT2D eigenvalue weighted by Gasteiger charge is -2.43. The van der Waals surface area contributed by atoms with Gasteiger partial charge in [-0.05, 0) is 75.1 Å². The van der Waals surface area contributed by atoms with Crippen LogP contribution in [0.5, 0.6) is 11.5 Å². The molecule has 0 atom stereocenters. The Morgan fingerprint density at radius 1 is 0.974 bits per heavy atom. The van der Waals surface area contributed by atoms with E-state index in [2.05, 4.69) is 17.1 Å². The number of carbonyl (C=O) groups is 3. The number of nitrogens with zero attached hydrogens (tertiary/aromatic N) is 1. The number of hydrogen-bond donors (Lipinski definition) is 1. The van der Waals surface area contributed by atoms with Gasteiger partial charge in [-0.25, -0.2) is 0 Å². The molecule has 0 saturated heterocycles. The second kappa shape index (κ2) is 11.0. The van der Waals surface area contributed by atoms with Crippen LogP contribution in [-0.4, -0.2) is 42.6 Å². The maximum Gasteiger partial charge on any atom is 0.262 e. The monoisotopic (exact) mass is 534 g/mol. The number of ether oxygens (including phenoxy) is 2. The van der Waals surface area contributed by atoms with Crippen LogP contribution in [0, 0.1) is 0 Å².